The zero-order chi connectivity index (χ0) is 26.3. The topological polar surface area (TPSA) is 303 Å². The fourth-order valence-electron chi connectivity index (χ4n) is 1.50. The van der Waals surface area contributed by atoms with E-state index < -0.39 is 35.9 Å². The van der Waals surface area contributed by atoms with Crippen molar-refractivity contribution in [3.63, 3.8) is 0 Å². The highest BCUT2D eigenvalue weighted by atomic mass is 16.4. The van der Waals surface area contributed by atoms with Crippen LogP contribution in [0.3, 0.4) is 0 Å². The maximum atomic E-state index is 10.1. The van der Waals surface area contributed by atoms with Gasteiger partial charge < -0.3 is 53.8 Å². The molecule has 0 aromatic rings. The van der Waals surface area contributed by atoms with Gasteiger partial charge in [-0.15, -0.1) is 0 Å². The van der Waals surface area contributed by atoms with Gasteiger partial charge in [-0.3, -0.25) is 24.0 Å². The Morgan fingerprint density at radius 1 is 0.844 bits per heavy atom. The minimum absolute atomic E-state index is 0.269. The van der Waals surface area contributed by atoms with E-state index in [9.17, 15) is 24.0 Å². The van der Waals surface area contributed by atoms with Crippen LogP contribution in [0.2, 0.25) is 0 Å². The van der Waals surface area contributed by atoms with Crippen molar-refractivity contribution in [1.29, 1.82) is 0 Å². The largest absolute Gasteiger partial charge is 0.480 e. The summed E-state index contributed by atoms with van der Waals surface area (Å²) in [5.41, 5.74) is 18.9. The summed E-state index contributed by atoms with van der Waals surface area (Å²) in [6, 6.07) is -0.958. The van der Waals surface area contributed by atoms with E-state index in [1.54, 1.807) is 0 Å². The number of hydrogen-bond acceptors (Lipinski definition) is 10. The molecule has 0 radical (unpaired) electrons. The summed E-state index contributed by atoms with van der Waals surface area (Å²) in [5.74, 6) is -4.18. The van der Waals surface area contributed by atoms with E-state index in [1.807, 2.05) is 13.8 Å². The van der Waals surface area contributed by atoms with Crippen LogP contribution in [0, 0.1) is 5.92 Å². The van der Waals surface area contributed by atoms with Crippen molar-refractivity contribution in [2.24, 2.45) is 28.9 Å². The Balaban J connectivity index is -0.000000158. The normalized spacial score (nSPS) is 14.4. The van der Waals surface area contributed by atoms with Gasteiger partial charge in [0, 0.05) is 0 Å². The third-order valence-electron chi connectivity index (χ3n) is 2.92. The number of hydrogen-bond donors (Lipinski definition) is 10. The van der Waals surface area contributed by atoms with Crippen molar-refractivity contribution in [2.45, 2.75) is 45.2 Å². The summed E-state index contributed by atoms with van der Waals surface area (Å²) in [5, 5.41) is 42.3. The van der Waals surface area contributed by atoms with Crippen LogP contribution in [0.5, 0.6) is 0 Å². The zero-order valence-electron chi connectivity index (χ0n) is 18.3. The molecule has 1 unspecified atom stereocenters. The number of nitrogens with one attached hydrogen (secondary N) is 1. The molecule has 1 rings (SSSR count). The second-order valence-corrected chi connectivity index (χ2v) is 6.36. The van der Waals surface area contributed by atoms with Crippen LogP contribution in [0.1, 0.15) is 33.1 Å². The van der Waals surface area contributed by atoms with Gasteiger partial charge in [-0.2, -0.15) is 0 Å². The molecular weight excluding hydrogens is 434 g/mol. The molecule has 1 heterocycles. The Bertz CT molecular complexity index is 507. The maximum absolute atomic E-state index is 10.1. The number of carboxylic acid groups (broad SMARTS) is 5. The van der Waals surface area contributed by atoms with Crippen molar-refractivity contribution in [1.82, 2.24) is 5.32 Å². The molecular formula is C17H37N5O10. The molecule has 1 aliphatic rings. The predicted molar refractivity (Wildman–Crippen MR) is 114 cm³/mol. The number of aliphatic carboxylic acids is 5. The Kier molecular flexibility index (Phi) is 27.9. The Morgan fingerprint density at radius 3 is 1.28 bits per heavy atom. The highest BCUT2D eigenvalue weighted by Gasteiger charge is 2.20. The molecule has 0 saturated carbocycles. The molecule has 0 bridgehead atoms. The van der Waals surface area contributed by atoms with Gasteiger partial charge in [-0.25, -0.2) is 0 Å². The molecule has 0 aromatic heterocycles. The van der Waals surface area contributed by atoms with Crippen LogP contribution < -0.4 is 28.3 Å². The van der Waals surface area contributed by atoms with E-state index in [2.05, 4.69) is 22.5 Å². The van der Waals surface area contributed by atoms with Crippen LogP contribution in [0.25, 0.3) is 0 Å². The van der Waals surface area contributed by atoms with Crippen LogP contribution in [-0.2, 0) is 24.0 Å². The Hall–Kier alpha value is -2.85. The standard InChI is InChI=1S/C6H13NO2.C5H9NO2.3C2H5NO2/c1-4(2)3-5(7)6(8)9;7-5(8)4-2-1-3-6-4;3*3-1-2(4)5/h4-5H,3,7H2,1-2H3,(H,8,9);4,6H,1-3H2,(H,7,8);3*1,3H2,(H,4,5)/t;4-;;;/m.0.../s1. The fraction of sp³-hybridized carbons (Fsp3) is 0.706. The fourth-order valence-corrected chi connectivity index (χ4v) is 1.50. The van der Waals surface area contributed by atoms with Gasteiger partial charge in [0.25, 0.3) is 0 Å². The van der Waals surface area contributed by atoms with E-state index in [0.29, 0.717) is 12.3 Å². The van der Waals surface area contributed by atoms with Gasteiger partial charge in [0.2, 0.25) is 0 Å². The number of carboxylic acids is 5. The minimum atomic E-state index is -0.968. The molecule has 2 atom stereocenters. The lowest BCUT2D eigenvalue weighted by atomic mass is 10.1. The smallest absolute Gasteiger partial charge is 0.320 e. The van der Waals surface area contributed by atoms with Crippen molar-refractivity contribution in [3.05, 3.63) is 0 Å². The molecule has 0 amide bonds. The van der Waals surface area contributed by atoms with E-state index in [1.165, 1.54) is 0 Å². The van der Waals surface area contributed by atoms with Crippen LogP contribution in [0.4, 0.5) is 0 Å². The van der Waals surface area contributed by atoms with E-state index in [-0.39, 0.29) is 25.7 Å². The van der Waals surface area contributed by atoms with Crippen LogP contribution in [-0.4, -0.2) is 93.6 Å². The van der Waals surface area contributed by atoms with E-state index >= 15 is 0 Å². The molecule has 1 saturated heterocycles. The second-order valence-electron chi connectivity index (χ2n) is 6.36. The van der Waals surface area contributed by atoms with Crippen molar-refractivity contribution < 1.29 is 49.5 Å². The first-order chi connectivity index (χ1) is 14.7. The maximum Gasteiger partial charge on any atom is 0.320 e. The van der Waals surface area contributed by atoms with Crippen molar-refractivity contribution in [3.8, 4) is 0 Å². The van der Waals surface area contributed by atoms with Gasteiger partial charge >= 0.3 is 29.8 Å². The van der Waals surface area contributed by atoms with Crippen molar-refractivity contribution in [2.75, 3.05) is 26.2 Å². The van der Waals surface area contributed by atoms with Crippen LogP contribution >= 0.6 is 0 Å². The van der Waals surface area contributed by atoms with Gasteiger partial charge in [0.05, 0.1) is 19.6 Å². The summed E-state index contributed by atoms with van der Waals surface area (Å²) < 4.78 is 0. The van der Waals surface area contributed by atoms with E-state index in [4.69, 9.17) is 31.3 Å². The first-order valence-electron chi connectivity index (χ1n) is 9.36. The lowest BCUT2D eigenvalue weighted by Crippen LogP contribution is -2.31. The summed E-state index contributed by atoms with van der Waals surface area (Å²) in [7, 11) is 0. The number of rotatable bonds is 7. The predicted octanol–water partition coefficient (Wildman–Crippen LogP) is -2.64. The minimum Gasteiger partial charge on any atom is -0.480 e. The first-order valence-corrected chi connectivity index (χ1v) is 9.36. The third kappa shape index (κ3) is 37.8. The highest BCUT2D eigenvalue weighted by molar-refractivity contribution is 5.73. The molecule has 1 aliphatic heterocycles. The molecule has 14 N–H and O–H groups in total. The molecule has 32 heavy (non-hydrogen) atoms. The molecule has 15 heteroatoms. The molecule has 190 valence electrons. The second kappa shape index (κ2) is 24.4. The van der Waals surface area contributed by atoms with Gasteiger partial charge in [-0.05, 0) is 31.7 Å². The van der Waals surface area contributed by atoms with Gasteiger partial charge in [0.15, 0.2) is 0 Å². The lowest BCUT2D eigenvalue weighted by molar-refractivity contribution is -0.139. The lowest BCUT2D eigenvalue weighted by Gasteiger charge is -2.07. The average molecular weight is 472 g/mol. The first kappa shape index (κ1) is 36.5. The molecule has 0 aromatic carbocycles. The summed E-state index contributed by atoms with van der Waals surface area (Å²) in [6.45, 7) is 3.92. The average Bonchev–Trinajstić information content (AvgIpc) is 3.24. The summed E-state index contributed by atoms with van der Waals surface area (Å²) >= 11 is 0. The van der Waals surface area contributed by atoms with Gasteiger partial charge in [0.1, 0.15) is 12.1 Å². The molecule has 0 aliphatic carbocycles. The van der Waals surface area contributed by atoms with Crippen molar-refractivity contribution >= 4 is 29.8 Å². The molecule has 0 spiro atoms. The number of nitrogens with two attached hydrogens (primary N) is 4. The Labute approximate surface area is 185 Å². The van der Waals surface area contributed by atoms with Gasteiger partial charge in [-0.1, -0.05) is 13.8 Å². The highest BCUT2D eigenvalue weighted by Crippen LogP contribution is 2.03. The zero-order valence-corrected chi connectivity index (χ0v) is 18.3. The van der Waals surface area contributed by atoms with Crippen LogP contribution in [0.15, 0.2) is 0 Å². The van der Waals surface area contributed by atoms with E-state index in [0.717, 1.165) is 19.4 Å². The Morgan fingerprint density at radius 2 is 1.19 bits per heavy atom. The number of carbonyl (C=O) groups is 5. The third-order valence-corrected chi connectivity index (χ3v) is 2.92. The SMILES string of the molecule is CC(C)CC(N)C(=O)O.NCC(=O)O.NCC(=O)O.NCC(=O)O.O=C(O)[C@@H]1CCCN1. The summed E-state index contributed by atoms with van der Waals surface area (Å²) in [6.07, 6.45) is 2.33. The summed E-state index contributed by atoms with van der Waals surface area (Å²) in [4.78, 5) is 48.0. The quantitative estimate of drug-likeness (QED) is 0.181. The molecule has 1 fully saturated rings. The molecule has 15 nitrogen and oxygen atoms in total. The monoisotopic (exact) mass is 471 g/mol.